The third-order valence-electron chi connectivity index (χ3n) is 5.45. The summed E-state index contributed by atoms with van der Waals surface area (Å²) >= 11 is 0. The largest absolute Gasteiger partial charge is 0.377 e. The molecule has 1 aromatic heterocycles. The topological polar surface area (TPSA) is 27.8 Å². The summed E-state index contributed by atoms with van der Waals surface area (Å²) in [4.78, 5) is 3.66. The van der Waals surface area contributed by atoms with E-state index in [1.807, 2.05) is 0 Å². The molecule has 1 aliphatic rings. The number of rotatable bonds is 3. The smallest absolute Gasteiger partial charge is 0.0666 e. The second-order valence-corrected chi connectivity index (χ2v) is 7.10. The highest BCUT2D eigenvalue weighted by molar-refractivity contribution is 5.85. The number of aromatic amines is 1. The summed E-state index contributed by atoms with van der Waals surface area (Å²) in [5, 5.41) is 5.13. The summed E-state index contributed by atoms with van der Waals surface area (Å²) in [5.41, 5.74) is 7.81. The van der Waals surface area contributed by atoms with Gasteiger partial charge in [-0.1, -0.05) is 60.7 Å². The van der Waals surface area contributed by atoms with Crippen LogP contribution in [0.5, 0.6) is 0 Å². The van der Waals surface area contributed by atoms with Crippen LogP contribution in [0, 0.1) is 0 Å². The van der Waals surface area contributed by atoms with E-state index in [1.165, 1.54) is 58.2 Å². The van der Waals surface area contributed by atoms with Crippen LogP contribution in [0.25, 0.3) is 22.0 Å². The number of nitrogens with one attached hydrogen (secondary N) is 2. The molecule has 0 aliphatic heterocycles. The summed E-state index contributed by atoms with van der Waals surface area (Å²) in [6.45, 7) is 0. The van der Waals surface area contributed by atoms with Crippen LogP contribution in [0.2, 0.25) is 0 Å². The molecule has 0 amide bonds. The maximum atomic E-state index is 3.75. The minimum absolute atomic E-state index is 0.355. The van der Waals surface area contributed by atoms with Gasteiger partial charge in [0, 0.05) is 22.3 Å². The molecule has 1 atom stereocenters. The van der Waals surface area contributed by atoms with Crippen molar-refractivity contribution >= 4 is 16.6 Å². The fraction of sp³-hybridized carbons (Fsp3) is 0.167. The van der Waals surface area contributed by atoms with E-state index in [0.717, 1.165) is 0 Å². The first-order chi connectivity index (χ1) is 12.9. The minimum Gasteiger partial charge on any atom is -0.377 e. The Morgan fingerprint density at radius 1 is 0.769 bits per heavy atom. The van der Waals surface area contributed by atoms with E-state index in [2.05, 4.69) is 89.2 Å². The van der Waals surface area contributed by atoms with Gasteiger partial charge >= 0.3 is 0 Å². The maximum Gasteiger partial charge on any atom is 0.0666 e. The Bertz CT molecular complexity index is 1030. The number of fused-ring (bicyclic) bond motifs is 3. The zero-order valence-corrected chi connectivity index (χ0v) is 14.7. The molecule has 0 bridgehead atoms. The highest BCUT2D eigenvalue weighted by atomic mass is 15.0. The van der Waals surface area contributed by atoms with Gasteiger partial charge in [0.1, 0.15) is 0 Å². The Hall–Kier alpha value is -3.00. The second-order valence-electron chi connectivity index (χ2n) is 7.10. The van der Waals surface area contributed by atoms with E-state index in [9.17, 15) is 0 Å². The van der Waals surface area contributed by atoms with Crippen molar-refractivity contribution in [2.75, 3.05) is 5.32 Å². The van der Waals surface area contributed by atoms with Gasteiger partial charge in [0.15, 0.2) is 0 Å². The van der Waals surface area contributed by atoms with Gasteiger partial charge in [-0.25, -0.2) is 0 Å². The van der Waals surface area contributed by atoms with Crippen molar-refractivity contribution in [1.82, 2.24) is 4.98 Å². The van der Waals surface area contributed by atoms with Gasteiger partial charge in [0.2, 0.25) is 0 Å². The minimum atomic E-state index is 0.355. The van der Waals surface area contributed by atoms with Gasteiger partial charge in [-0.2, -0.15) is 0 Å². The van der Waals surface area contributed by atoms with E-state index in [-0.39, 0.29) is 0 Å². The summed E-state index contributed by atoms with van der Waals surface area (Å²) in [7, 11) is 0. The fourth-order valence-corrected chi connectivity index (χ4v) is 4.15. The standard InChI is InChI=1S/C24H22N2/c1-2-7-17(8-3-1)18-13-15-19(16-14-18)25-23-12-6-10-21-20-9-4-5-11-22(20)26-24(21)23/h1-5,7-9,11,13-16,23,25-26H,6,10,12H2. The first kappa shape index (κ1) is 15.3. The molecule has 4 aromatic rings. The van der Waals surface area contributed by atoms with Crippen LogP contribution < -0.4 is 5.32 Å². The zero-order chi connectivity index (χ0) is 17.3. The Kier molecular flexibility index (Phi) is 3.75. The quantitative estimate of drug-likeness (QED) is 0.449. The van der Waals surface area contributed by atoms with Crippen LogP contribution >= 0.6 is 0 Å². The molecule has 128 valence electrons. The van der Waals surface area contributed by atoms with Crippen LogP contribution in [0.15, 0.2) is 78.9 Å². The number of hydrogen-bond acceptors (Lipinski definition) is 1. The molecule has 0 fully saturated rings. The number of aromatic nitrogens is 1. The Morgan fingerprint density at radius 3 is 2.35 bits per heavy atom. The lowest BCUT2D eigenvalue weighted by atomic mass is 9.91. The molecule has 0 radical (unpaired) electrons. The Balaban J connectivity index is 1.42. The van der Waals surface area contributed by atoms with Crippen LogP contribution in [0.1, 0.15) is 30.1 Å². The number of hydrogen-bond donors (Lipinski definition) is 2. The lowest BCUT2D eigenvalue weighted by Gasteiger charge is -2.25. The number of H-pyrrole nitrogens is 1. The van der Waals surface area contributed by atoms with Crippen LogP contribution in [0.4, 0.5) is 5.69 Å². The molecule has 0 spiro atoms. The van der Waals surface area contributed by atoms with Gasteiger partial charge in [0.05, 0.1) is 6.04 Å². The average Bonchev–Trinajstić information content (AvgIpc) is 3.09. The Morgan fingerprint density at radius 2 is 1.50 bits per heavy atom. The fourth-order valence-electron chi connectivity index (χ4n) is 4.15. The molecule has 2 N–H and O–H groups in total. The van der Waals surface area contributed by atoms with Gasteiger partial charge in [-0.05, 0) is 54.2 Å². The number of benzene rings is 3. The van der Waals surface area contributed by atoms with Gasteiger partial charge in [-0.3, -0.25) is 0 Å². The molecule has 26 heavy (non-hydrogen) atoms. The highest BCUT2D eigenvalue weighted by Gasteiger charge is 2.23. The molecule has 3 aromatic carbocycles. The monoisotopic (exact) mass is 338 g/mol. The van der Waals surface area contributed by atoms with Crippen molar-refractivity contribution in [3.63, 3.8) is 0 Å². The molecule has 2 nitrogen and oxygen atoms in total. The summed E-state index contributed by atoms with van der Waals surface area (Å²) in [6, 6.07) is 28.3. The first-order valence-corrected chi connectivity index (χ1v) is 9.40. The van der Waals surface area contributed by atoms with Crippen molar-refractivity contribution in [2.45, 2.75) is 25.3 Å². The van der Waals surface area contributed by atoms with Crippen molar-refractivity contribution in [1.29, 1.82) is 0 Å². The van der Waals surface area contributed by atoms with E-state index in [4.69, 9.17) is 0 Å². The van der Waals surface area contributed by atoms with Gasteiger partial charge in [0.25, 0.3) is 0 Å². The highest BCUT2D eigenvalue weighted by Crippen LogP contribution is 2.36. The molecule has 0 saturated heterocycles. The zero-order valence-electron chi connectivity index (χ0n) is 14.7. The first-order valence-electron chi connectivity index (χ1n) is 9.40. The van der Waals surface area contributed by atoms with Crippen LogP contribution in [0.3, 0.4) is 0 Å². The Labute approximate surface area is 153 Å². The van der Waals surface area contributed by atoms with Gasteiger partial charge < -0.3 is 10.3 Å². The summed E-state index contributed by atoms with van der Waals surface area (Å²) in [5.74, 6) is 0. The normalized spacial score (nSPS) is 16.4. The third kappa shape index (κ3) is 2.68. The SMILES string of the molecule is c1ccc(-c2ccc(NC3CCCc4c3[nH]c3ccccc43)cc2)cc1. The number of para-hydroxylation sites is 1. The molecule has 1 aliphatic carbocycles. The predicted octanol–water partition coefficient (Wildman–Crippen LogP) is 6.32. The molecular weight excluding hydrogens is 316 g/mol. The van der Waals surface area contributed by atoms with Crippen LogP contribution in [-0.2, 0) is 6.42 Å². The average molecular weight is 338 g/mol. The molecule has 5 rings (SSSR count). The van der Waals surface area contributed by atoms with E-state index >= 15 is 0 Å². The third-order valence-corrected chi connectivity index (χ3v) is 5.45. The van der Waals surface area contributed by atoms with Crippen molar-refractivity contribution in [3.05, 3.63) is 90.1 Å². The molecular formula is C24H22N2. The summed E-state index contributed by atoms with van der Waals surface area (Å²) < 4.78 is 0. The van der Waals surface area contributed by atoms with Gasteiger partial charge in [-0.15, -0.1) is 0 Å². The lowest BCUT2D eigenvalue weighted by Crippen LogP contribution is -2.17. The number of aryl methyl sites for hydroxylation is 1. The predicted molar refractivity (Wildman–Crippen MR) is 109 cm³/mol. The van der Waals surface area contributed by atoms with Crippen molar-refractivity contribution < 1.29 is 0 Å². The van der Waals surface area contributed by atoms with E-state index in [0.29, 0.717) is 6.04 Å². The molecule has 2 heteroatoms. The van der Waals surface area contributed by atoms with E-state index < -0.39 is 0 Å². The second kappa shape index (κ2) is 6.38. The molecule has 0 saturated carbocycles. The lowest BCUT2D eigenvalue weighted by molar-refractivity contribution is 0.593. The summed E-state index contributed by atoms with van der Waals surface area (Å²) in [6.07, 6.45) is 3.57. The van der Waals surface area contributed by atoms with E-state index in [1.54, 1.807) is 0 Å². The maximum absolute atomic E-state index is 3.75. The van der Waals surface area contributed by atoms with Crippen molar-refractivity contribution in [3.8, 4) is 11.1 Å². The van der Waals surface area contributed by atoms with Crippen LogP contribution in [-0.4, -0.2) is 4.98 Å². The van der Waals surface area contributed by atoms with Crippen molar-refractivity contribution in [2.24, 2.45) is 0 Å². The molecule has 1 heterocycles. The number of anilines is 1. The molecule has 1 unspecified atom stereocenters.